The van der Waals surface area contributed by atoms with Gasteiger partial charge in [0.25, 0.3) is 15.9 Å². The zero-order valence-corrected chi connectivity index (χ0v) is 17.0. The van der Waals surface area contributed by atoms with Crippen molar-refractivity contribution in [2.75, 3.05) is 44.8 Å². The number of hydrogen-bond acceptors (Lipinski definition) is 6. The Bertz CT molecular complexity index is 966. The summed E-state index contributed by atoms with van der Waals surface area (Å²) in [5, 5.41) is 0.440. The number of likely N-dealkylation sites (N-methyl/N-ethyl adjacent to an activating group) is 1. The number of sulfonamides is 1. The van der Waals surface area contributed by atoms with Gasteiger partial charge >= 0.3 is 0 Å². The lowest BCUT2D eigenvalue weighted by Crippen LogP contribution is -2.38. The lowest BCUT2D eigenvalue weighted by Gasteiger charge is -2.30. The van der Waals surface area contributed by atoms with Crippen molar-refractivity contribution in [2.45, 2.75) is 4.90 Å². The fourth-order valence-corrected chi connectivity index (χ4v) is 4.29. The third-order valence-corrected chi connectivity index (χ3v) is 6.34. The van der Waals surface area contributed by atoms with Crippen LogP contribution >= 0.6 is 11.6 Å². The number of carbonyl (C=O) groups excluding carboxylic acids is 1. The molecule has 150 valence electrons. The van der Waals surface area contributed by atoms with Gasteiger partial charge in [0.1, 0.15) is 12.3 Å². The molecule has 28 heavy (non-hydrogen) atoms. The predicted molar refractivity (Wildman–Crippen MR) is 105 cm³/mol. The quantitative estimate of drug-likeness (QED) is 0.703. The van der Waals surface area contributed by atoms with Gasteiger partial charge in [0.15, 0.2) is 0 Å². The van der Waals surface area contributed by atoms with E-state index >= 15 is 0 Å². The standard InChI is InChI=1S/C18H20ClN3O5S/c1-21(7-9-26-2)18(23)13-11-16-17(20-12-13)27-10-8-22(16)28(24,25)15-5-3-14(19)4-6-15/h3-6,11-12H,7-10H2,1-2H3. The minimum Gasteiger partial charge on any atom is -0.474 e. The summed E-state index contributed by atoms with van der Waals surface area (Å²) >= 11 is 5.86. The molecule has 0 atom stereocenters. The van der Waals surface area contributed by atoms with Gasteiger partial charge in [-0.15, -0.1) is 0 Å². The molecule has 1 aliphatic rings. The molecule has 3 rings (SSSR count). The smallest absolute Gasteiger partial charge is 0.264 e. The molecule has 0 aliphatic carbocycles. The third kappa shape index (κ3) is 4.06. The van der Waals surface area contributed by atoms with E-state index in [1.165, 1.54) is 45.7 Å². The Balaban J connectivity index is 1.96. The number of methoxy groups -OCH3 is 1. The zero-order chi connectivity index (χ0) is 20.3. The zero-order valence-electron chi connectivity index (χ0n) is 15.5. The van der Waals surface area contributed by atoms with E-state index in [0.29, 0.717) is 18.2 Å². The van der Waals surface area contributed by atoms with E-state index in [9.17, 15) is 13.2 Å². The number of halogens is 1. The van der Waals surface area contributed by atoms with Crippen LogP contribution in [0.4, 0.5) is 5.69 Å². The molecule has 1 aromatic carbocycles. The Kier molecular flexibility index (Phi) is 6.07. The fourth-order valence-electron chi connectivity index (χ4n) is 2.73. The summed E-state index contributed by atoms with van der Waals surface area (Å²) in [7, 11) is -0.670. The number of hydrogen-bond donors (Lipinski definition) is 0. The molecule has 0 saturated carbocycles. The van der Waals surface area contributed by atoms with E-state index in [4.69, 9.17) is 21.1 Å². The molecule has 8 nitrogen and oxygen atoms in total. The first-order valence-electron chi connectivity index (χ1n) is 8.50. The van der Waals surface area contributed by atoms with Crippen LogP contribution in [0.5, 0.6) is 5.88 Å². The molecular weight excluding hydrogens is 406 g/mol. The van der Waals surface area contributed by atoms with Crippen molar-refractivity contribution in [1.29, 1.82) is 0 Å². The molecule has 1 amide bonds. The van der Waals surface area contributed by atoms with Crippen molar-refractivity contribution < 1.29 is 22.7 Å². The van der Waals surface area contributed by atoms with Crippen molar-refractivity contribution in [1.82, 2.24) is 9.88 Å². The van der Waals surface area contributed by atoms with Crippen molar-refractivity contribution in [3.63, 3.8) is 0 Å². The number of rotatable bonds is 6. The number of carbonyl (C=O) groups is 1. The van der Waals surface area contributed by atoms with Gasteiger partial charge in [0, 0.05) is 31.9 Å². The van der Waals surface area contributed by atoms with Crippen LogP contribution in [0.15, 0.2) is 41.4 Å². The van der Waals surface area contributed by atoms with Crippen LogP contribution in [-0.2, 0) is 14.8 Å². The van der Waals surface area contributed by atoms with E-state index in [0.717, 1.165) is 0 Å². The number of pyridine rings is 1. The first-order chi connectivity index (χ1) is 13.3. The van der Waals surface area contributed by atoms with Gasteiger partial charge in [-0.25, -0.2) is 13.4 Å². The molecule has 1 aliphatic heterocycles. The van der Waals surface area contributed by atoms with Crippen molar-refractivity contribution in [3.8, 4) is 5.88 Å². The number of fused-ring (bicyclic) bond motifs is 1. The fraction of sp³-hybridized carbons (Fsp3) is 0.333. The Morgan fingerprint density at radius 3 is 2.75 bits per heavy atom. The van der Waals surface area contributed by atoms with E-state index in [1.807, 2.05) is 0 Å². The van der Waals surface area contributed by atoms with Gasteiger partial charge < -0.3 is 14.4 Å². The SMILES string of the molecule is COCCN(C)C(=O)c1cnc2c(c1)N(S(=O)(=O)c1ccc(Cl)cc1)CCO2. The van der Waals surface area contributed by atoms with Gasteiger partial charge in [0.2, 0.25) is 5.88 Å². The number of amides is 1. The number of benzene rings is 1. The Morgan fingerprint density at radius 1 is 1.36 bits per heavy atom. The van der Waals surface area contributed by atoms with Crippen LogP contribution in [0.1, 0.15) is 10.4 Å². The second-order valence-electron chi connectivity index (χ2n) is 6.15. The lowest BCUT2D eigenvalue weighted by molar-refractivity contribution is 0.0743. The average Bonchev–Trinajstić information content (AvgIpc) is 2.70. The molecule has 0 saturated heterocycles. The van der Waals surface area contributed by atoms with Crippen LogP contribution in [0, 0.1) is 0 Å². The van der Waals surface area contributed by atoms with Gasteiger partial charge in [0.05, 0.1) is 23.6 Å². The maximum absolute atomic E-state index is 13.1. The summed E-state index contributed by atoms with van der Waals surface area (Å²) < 4.78 is 37.9. The highest BCUT2D eigenvalue weighted by Gasteiger charge is 2.32. The molecule has 2 aromatic rings. The molecule has 0 unspecified atom stereocenters. The highest BCUT2D eigenvalue weighted by Crippen LogP contribution is 2.34. The molecule has 0 N–H and O–H groups in total. The molecule has 0 radical (unpaired) electrons. The minimum atomic E-state index is -3.86. The van der Waals surface area contributed by atoms with E-state index in [1.54, 1.807) is 14.2 Å². The topological polar surface area (TPSA) is 89.0 Å². The monoisotopic (exact) mass is 425 g/mol. The number of nitrogens with zero attached hydrogens (tertiary/aromatic N) is 3. The van der Waals surface area contributed by atoms with Crippen molar-refractivity contribution in [2.24, 2.45) is 0 Å². The van der Waals surface area contributed by atoms with Crippen LogP contribution in [0.3, 0.4) is 0 Å². The summed E-state index contributed by atoms with van der Waals surface area (Å²) in [4.78, 5) is 18.3. The van der Waals surface area contributed by atoms with Gasteiger partial charge in [-0.3, -0.25) is 9.10 Å². The first-order valence-corrected chi connectivity index (χ1v) is 10.3. The summed E-state index contributed by atoms with van der Waals surface area (Å²) in [6.07, 6.45) is 1.38. The van der Waals surface area contributed by atoms with Crippen molar-refractivity contribution in [3.05, 3.63) is 47.1 Å². The molecular formula is C18H20ClN3O5S. The van der Waals surface area contributed by atoms with Gasteiger partial charge in [-0.2, -0.15) is 0 Å². The summed E-state index contributed by atoms with van der Waals surface area (Å²) in [6.45, 7) is 1.06. The number of aromatic nitrogens is 1. The maximum atomic E-state index is 13.1. The first kappa shape index (κ1) is 20.4. The average molecular weight is 426 g/mol. The molecule has 10 heteroatoms. The highest BCUT2D eigenvalue weighted by molar-refractivity contribution is 7.92. The largest absolute Gasteiger partial charge is 0.474 e. The van der Waals surface area contributed by atoms with E-state index in [2.05, 4.69) is 4.98 Å². The van der Waals surface area contributed by atoms with Crippen LogP contribution in [0.25, 0.3) is 0 Å². The van der Waals surface area contributed by atoms with Crippen molar-refractivity contribution >= 4 is 33.2 Å². The highest BCUT2D eigenvalue weighted by atomic mass is 35.5. The second kappa shape index (κ2) is 8.34. The predicted octanol–water partition coefficient (Wildman–Crippen LogP) is 2.04. The summed E-state index contributed by atoms with van der Waals surface area (Å²) in [5.74, 6) is -0.123. The number of ether oxygens (including phenoxy) is 2. The van der Waals surface area contributed by atoms with Gasteiger partial charge in [-0.05, 0) is 30.3 Å². The molecule has 0 fully saturated rings. The molecule has 0 spiro atoms. The summed E-state index contributed by atoms with van der Waals surface area (Å²) in [5.41, 5.74) is 0.492. The second-order valence-corrected chi connectivity index (χ2v) is 8.45. The molecule has 1 aromatic heterocycles. The maximum Gasteiger partial charge on any atom is 0.264 e. The minimum absolute atomic E-state index is 0.0960. The molecule has 2 heterocycles. The Hall–Kier alpha value is -2.36. The van der Waals surface area contributed by atoms with Crippen LogP contribution < -0.4 is 9.04 Å². The van der Waals surface area contributed by atoms with Gasteiger partial charge in [-0.1, -0.05) is 11.6 Å². The van der Waals surface area contributed by atoms with E-state index < -0.39 is 10.0 Å². The summed E-state index contributed by atoms with van der Waals surface area (Å²) in [6, 6.07) is 7.39. The van der Waals surface area contributed by atoms with Crippen LogP contribution in [-0.4, -0.2) is 64.7 Å². The Labute approximate surface area is 168 Å². The molecule has 0 bridgehead atoms. The third-order valence-electron chi connectivity index (χ3n) is 4.26. The lowest BCUT2D eigenvalue weighted by atomic mass is 10.2. The van der Waals surface area contributed by atoms with E-state index in [-0.39, 0.29) is 41.1 Å². The Morgan fingerprint density at radius 2 is 2.07 bits per heavy atom. The van der Waals surface area contributed by atoms with Crippen LogP contribution in [0.2, 0.25) is 5.02 Å². The number of anilines is 1. The normalized spacial score (nSPS) is 13.6.